The van der Waals surface area contributed by atoms with Crippen molar-refractivity contribution in [3.8, 4) is 0 Å². The van der Waals surface area contributed by atoms with Gasteiger partial charge in [0.2, 0.25) is 0 Å². The number of aliphatic hydroxyl groups is 1. The number of rotatable bonds is 1. The minimum atomic E-state index is -0.272. The van der Waals surface area contributed by atoms with Gasteiger partial charge in [-0.15, -0.1) is 6.58 Å². The van der Waals surface area contributed by atoms with Crippen molar-refractivity contribution in [1.82, 2.24) is 0 Å². The van der Waals surface area contributed by atoms with Gasteiger partial charge in [-0.05, 0) is 17.8 Å². The Morgan fingerprint density at radius 3 is 2.73 bits per heavy atom. The molecule has 1 heteroatoms. The Balaban J connectivity index is 2.80. The smallest absolute Gasteiger partial charge is 0.0727 e. The van der Waals surface area contributed by atoms with Crippen LogP contribution in [0.15, 0.2) is 24.8 Å². The molecule has 0 aliphatic heterocycles. The van der Waals surface area contributed by atoms with Crippen LogP contribution in [0.5, 0.6) is 0 Å². The Hall–Kier alpha value is -0.560. The van der Waals surface area contributed by atoms with E-state index in [2.05, 4.69) is 26.5 Å². The largest absolute Gasteiger partial charge is 0.389 e. The summed E-state index contributed by atoms with van der Waals surface area (Å²) >= 11 is 0. The molecule has 1 unspecified atom stereocenters. The van der Waals surface area contributed by atoms with Crippen LogP contribution in [0, 0.1) is 11.3 Å². The predicted molar refractivity (Wildman–Crippen MR) is 47.2 cm³/mol. The highest BCUT2D eigenvalue weighted by atomic mass is 16.3. The molecule has 1 N–H and O–H groups in total. The van der Waals surface area contributed by atoms with E-state index < -0.39 is 0 Å². The Morgan fingerprint density at radius 1 is 1.64 bits per heavy atom. The van der Waals surface area contributed by atoms with Gasteiger partial charge < -0.3 is 5.11 Å². The van der Waals surface area contributed by atoms with E-state index >= 15 is 0 Å². The van der Waals surface area contributed by atoms with Crippen molar-refractivity contribution in [1.29, 1.82) is 0 Å². The van der Waals surface area contributed by atoms with Gasteiger partial charge in [-0.2, -0.15) is 0 Å². The maximum atomic E-state index is 9.31. The number of hydrogen-bond donors (Lipinski definition) is 1. The van der Waals surface area contributed by atoms with E-state index in [9.17, 15) is 5.11 Å². The molecule has 0 bridgehead atoms. The van der Waals surface area contributed by atoms with Crippen LogP contribution in [0.2, 0.25) is 0 Å². The van der Waals surface area contributed by atoms with Gasteiger partial charge in [0.05, 0.1) is 6.10 Å². The normalized spacial score (nSPS) is 35.2. The fraction of sp³-hybridized carbons (Fsp3) is 0.600. The Labute approximate surface area is 68.4 Å². The Morgan fingerprint density at radius 2 is 2.27 bits per heavy atom. The molecular formula is C10H16O. The molecule has 0 radical (unpaired) electrons. The van der Waals surface area contributed by atoms with E-state index in [4.69, 9.17) is 0 Å². The summed E-state index contributed by atoms with van der Waals surface area (Å²) < 4.78 is 0. The maximum absolute atomic E-state index is 9.31. The average molecular weight is 152 g/mol. The van der Waals surface area contributed by atoms with Crippen LogP contribution in [0.4, 0.5) is 0 Å². The molecule has 0 aromatic carbocycles. The molecule has 11 heavy (non-hydrogen) atoms. The molecule has 62 valence electrons. The lowest BCUT2D eigenvalue weighted by molar-refractivity contribution is 0.151. The van der Waals surface area contributed by atoms with Gasteiger partial charge in [-0.3, -0.25) is 0 Å². The summed E-state index contributed by atoms with van der Waals surface area (Å²) in [6, 6.07) is 0. The summed E-state index contributed by atoms with van der Waals surface area (Å²) in [5.41, 5.74) is 0.168. The van der Waals surface area contributed by atoms with Crippen LogP contribution in [-0.4, -0.2) is 11.2 Å². The number of allylic oxidation sites excluding steroid dienone is 2. The van der Waals surface area contributed by atoms with E-state index in [1.54, 1.807) is 0 Å². The van der Waals surface area contributed by atoms with Gasteiger partial charge in [-0.25, -0.2) is 0 Å². The van der Waals surface area contributed by atoms with Gasteiger partial charge >= 0.3 is 0 Å². The molecule has 0 saturated heterocycles. The van der Waals surface area contributed by atoms with Crippen molar-refractivity contribution >= 4 is 0 Å². The molecule has 1 rings (SSSR count). The van der Waals surface area contributed by atoms with Gasteiger partial charge in [0, 0.05) is 0 Å². The SMILES string of the molecule is C=C[C@@H]1CC(O)C=CC1(C)C. The Kier molecular flexibility index (Phi) is 2.19. The molecular weight excluding hydrogens is 136 g/mol. The van der Waals surface area contributed by atoms with Crippen molar-refractivity contribution in [2.75, 3.05) is 0 Å². The molecule has 0 saturated carbocycles. The first-order valence-corrected chi connectivity index (χ1v) is 4.06. The second kappa shape index (κ2) is 2.82. The molecule has 1 aliphatic rings. The zero-order chi connectivity index (χ0) is 8.48. The number of aliphatic hydroxyl groups excluding tert-OH is 1. The first-order chi connectivity index (χ1) is 5.06. The molecule has 1 nitrogen and oxygen atoms in total. The second-order valence-corrected chi connectivity index (χ2v) is 3.83. The quantitative estimate of drug-likeness (QED) is 0.571. The fourth-order valence-electron chi connectivity index (χ4n) is 1.53. The van der Waals surface area contributed by atoms with E-state index in [0.29, 0.717) is 5.92 Å². The van der Waals surface area contributed by atoms with Crippen LogP contribution >= 0.6 is 0 Å². The maximum Gasteiger partial charge on any atom is 0.0727 e. The van der Waals surface area contributed by atoms with E-state index in [-0.39, 0.29) is 11.5 Å². The van der Waals surface area contributed by atoms with Crippen LogP contribution in [-0.2, 0) is 0 Å². The van der Waals surface area contributed by atoms with E-state index in [1.165, 1.54) is 0 Å². The monoisotopic (exact) mass is 152 g/mol. The molecule has 1 aliphatic carbocycles. The highest BCUT2D eigenvalue weighted by Crippen LogP contribution is 2.36. The third kappa shape index (κ3) is 1.72. The summed E-state index contributed by atoms with van der Waals surface area (Å²) in [4.78, 5) is 0. The van der Waals surface area contributed by atoms with Crippen molar-refractivity contribution < 1.29 is 5.11 Å². The Bertz CT molecular complexity index is 179. The second-order valence-electron chi connectivity index (χ2n) is 3.83. The molecule has 2 atom stereocenters. The van der Waals surface area contributed by atoms with Crippen LogP contribution in [0.3, 0.4) is 0 Å². The molecule has 0 amide bonds. The van der Waals surface area contributed by atoms with E-state index in [1.807, 2.05) is 12.2 Å². The summed E-state index contributed by atoms with van der Waals surface area (Å²) in [6.07, 6.45) is 6.43. The lowest BCUT2D eigenvalue weighted by atomic mass is 9.72. The topological polar surface area (TPSA) is 20.2 Å². The summed E-state index contributed by atoms with van der Waals surface area (Å²) in [5, 5.41) is 9.31. The molecule has 0 heterocycles. The predicted octanol–water partition coefficient (Wildman–Crippen LogP) is 2.14. The summed E-state index contributed by atoms with van der Waals surface area (Å²) in [7, 11) is 0. The average Bonchev–Trinajstić information content (AvgIpc) is 1.94. The zero-order valence-electron chi connectivity index (χ0n) is 7.25. The fourth-order valence-corrected chi connectivity index (χ4v) is 1.53. The van der Waals surface area contributed by atoms with Crippen molar-refractivity contribution in [2.45, 2.75) is 26.4 Å². The lowest BCUT2D eigenvalue weighted by Gasteiger charge is -2.34. The zero-order valence-corrected chi connectivity index (χ0v) is 7.25. The highest BCUT2D eigenvalue weighted by Gasteiger charge is 2.29. The summed E-state index contributed by atoms with van der Waals surface area (Å²) in [6.45, 7) is 8.11. The van der Waals surface area contributed by atoms with Gasteiger partial charge in [-0.1, -0.05) is 32.1 Å². The third-order valence-electron chi connectivity index (χ3n) is 2.48. The highest BCUT2D eigenvalue weighted by molar-refractivity contribution is 5.10. The van der Waals surface area contributed by atoms with Crippen LogP contribution < -0.4 is 0 Å². The molecule has 0 aromatic rings. The van der Waals surface area contributed by atoms with Gasteiger partial charge in [0.15, 0.2) is 0 Å². The molecule has 0 spiro atoms. The number of hydrogen-bond acceptors (Lipinski definition) is 1. The molecule has 0 aromatic heterocycles. The third-order valence-corrected chi connectivity index (χ3v) is 2.48. The first-order valence-electron chi connectivity index (χ1n) is 4.06. The van der Waals surface area contributed by atoms with Crippen molar-refractivity contribution in [3.05, 3.63) is 24.8 Å². The van der Waals surface area contributed by atoms with Gasteiger partial charge in [0.25, 0.3) is 0 Å². The minimum absolute atomic E-state index is 0.168. The van der Waals surface area contributed by atoms with Crippen LogP contribution in [0.1, 0.15) is 20.3 Å². The minimum Gasteiger partial charge on any atom is -0.389 e. The first kappa shape index (κ1) is 8.54. The lowest BCUT2D eigenvalue weighted by Crippen LogP contribution is -2.28. The van der Waals surface area contributed by atoms with Crippen molar-refractivity contribution in [3.63, 3.8) is 0 Å². The van der Waals surface area contributed by atoms with Gasteiger partial charge in [0.1, 0.15) is 0 Å². The standard InChI is InChI=1S/C10H16O/c1-4-8-7-9(11)5-6-10(8,2)3/h4-6,8-9,11H,1,7H2,2-3H3/t8-,9?/m1/s1. The van der Waals surface area contributed by atoms with Crippen molar-refractivity contribution in [2.24, 2.45) is 11.3 Å². The molecule has 0 fully saturated rings. The van der Waals surface area contributed by atoms with E-state index in [0.717, 1.165) is 6.42 Å². The summed E-state index contributed by atoms with van der Waals surface area (Å²) in [5.74, 6) is 0.405. The van der Waals surface area contributed by atoms with Crippen LogP contribution in [0.25, 0.3) is 0 Å².